The van der Waals surface area contributed by atoms with Gasteiger partial charge < -0.3 is 10.5 Å². The first-order chi connectivity index (χ1) is 8.06. The number of aromatic nitrogens is 1. The van der Waals surface area contributed by atoms with Gasteiger partial charge in [0.2, 0.25) is 5.88 Å². The molecule has 17 heavy (non-hydrogen) atoms. The van der Waals surface area contributed by atoms with Gasteiger partial charge in [-0.25, -0.2) is 4.98 Å². The number of aryl methyl sites for hydroxylation is 2. The molecule has 0 aliphatic carbocycles. The van der Waals surface area contributed by atoms with Crippen LogP contribution in [-0.4, -0.2) is 4.98 Å². The quantitative estimate of drug-likeness (QED) is 0.881. The average Bonchev–Trinajstić information content (AvgIpc) is 2.27. The fraction of sp³-hybridized carbons (Fsp3) is 0.154. The summed E-state index contributed by atoms with van der Waals surface area (Å²) in [7, 11) is 0. The number of pyridine rings is 1. The SMILES string of the molecule is Cc1cc(Oc2ncc(N)cc2C)ccc1Cl. The Morgan fingerprint density at radius 1 is 1.18 bits per heavy atom. The molecule has 0 fully saturated rings. The van der Waals surface area contributed by atoms with Crippen LogP contribution >= 0.6 is 11.6 Å². The minimum Gasteiger partial charge on any atom is -0.439 e. The first-order valence-electron chi connectivity index (χ1n) is 5.22. The van der Waals surface area contributed by atoms with Crippen molar-refractivity contribution >= 4 is 17.3 Å². The van der Waals surface area contributed by atoms with Crippen molar-refractivity contribution in [1.82, 2.24) is 4.98 Å². The summed E-state index contributed by atoms with van der Waals surface area (Å²) >= 11 is 5.95. The minimum absolute atomic E-state index is 0.556. The molecule has 0 bridgehead atoms. The first-order valence-corrected chi connectivity index (χ1v) is 5.60. The third-order valence-corrected chi connectivity index (χ3v) is 2.82. The lowest BCUT2D eigenvalue weighted by Gasteiger charge is -2.09. The standard InChI is InChI=1S/C13H13ClN2O/c1-8-6-11(3-4-12(8)14)17-13-9(2)5-10(15)7-16-13/h3-7H,15H2,1-2H3. The molecule has 88 valence electrons. The summed E-state index contributed by atoms with van der Waals surface area (Å²) in [6.45, 7) is 3.83. The van der Waals surface area contributed by atoms with Crippen LogP contribution in [0.3, 0.4) is 0 Å². The van der Waals surface area contributed by atoms with Crippen LogP contribution in [0.15, 0.2) is 30.5 Å². The summed E-state index contributed by atoms with van der Waals surface area (Å²) < 4.78 is 5.67. The lowest BCUT2D eigenvalue weighted by atomic mass is 10.2. The number of benzene rings is 1. The topological polar surface area (TPSA) is 48.1 Å². The number of hydrogen-bond acceptors (Lipinski definition) is 3. The number of rotatable bonds is 2. The van der Waals surface area contributed by atoms with E-state index >= 15 is 0 Å². The molecule has 2 N–H and O–H groups in total. The lowest BCUT2D eigenvalue weighted by molar-refractivity contribution is 0.459. The summed E-state index contributed by atoms with van der Waals surface area (Å²) in [5.74, 6) is 1.27. The number of anilines is 1. The predicted octanol–water partition coefficient (Wildman–Crippen LogP) is 3.73. The van der Waals surface area contributed by atoms with Gasteiger partial charge in [-0.3, -0.25) is 0 Å². The third kappa shape index (κ3) is 2.68. The Morgan fingerprint density at radius 3 is 2.59 bits per heavy atom. The molecule has 0 unspecified atom stereocenters. The van der Waals surface area contributed by atoms with Crippen molar-refractivity contribution in [3.63, 3.8) is 0 Å². The molecule has 0 spiro atoms. The molecule has 0 atom stereocenters. The molecule has 3 nitrogen and oxygen atoms in total. The Balaban J connectivity index is 2.28. The smallest absolute Gasteiger partial charge is 0.222 e. The normalized spacial score (nSPS) is 10.3. The number of hydrogen-bond donors (Lipinski definition) is 1. The Labute approximate surface area is 105 Å². The van der Waals surface area contributed by atoms with E-state index < -0.39 is 0 Å². The largest absolute Gasteiger partial charge is 0.439 e. The summed E-state index contributed by atoms with van der Waals surface area (Å²) in [5.41, 5.74) is 8.13. The van der Waals surface area contributed by atoms with E-state index in [9.17, 15) is 0 Å². The van der Waals surface area contributed by atoms with E-state index in [0.717, 1.165) is 16.1 Å². The molecule has 1 aromatic heterocycles. The molecule has 0 radical (unpaired) electrons. The summed E-state index contributed by atoms with van der Waals surface area (Å²) in [6.07, 6.45) is 1.57. The van der Waals surface area contributed by atoms with Crippen molar-refractivity contribution in [2.75, 3.05) is 5.73 Å². The van der Waals surface area contributed by atoms with Gasteiger partial charge in [-0.15, -0.1) is 0 Å². The highest BCUT2D eigenvalue weighted by Crippen LogP contribution is 2.27. The maximum Gasteiger partial charge on any atom is 0.222 e. The molecule has 2 rings (SSSR count). The minimum atomic E-state index is 0.556. The van der Waals surface area contributed by atoms with Gasteiger partial charge in [0.25, 0.3) is 0 Å². The van der Waals surface area contributed by atoms with Crippen molar-refractivity contribution in [3.8, 4) is 11.6 Å². The van der Waals surface area contributed by atoms with E-state index in [2.05, 4.69) is 4.98 Å². The van der Waals surface area contributed by atoms with Crippen LogP contribution in [0.1, 0.15) is 11.1 Å². The zero-order valence-electron chi connectivity index (χ0n) is 9.70. The van der Waals surface area contributed by atoms with Gasteiger partial charge in [0.15, 0.2) is 0 Å². The van der Waals surface area contributed by atoms with Gasteiger partial charge in [-0.05, 0) is 43.7 Å². The third-order valence-electron chi connectivity index (χ3n) is 2.40. The second kappa shape index (κ2) is 4.63. The molecule has 1 aromatic carbocycles. The Kier molecular flexibility index (Phi) is 3.20. The Hall–Kier alpha value is -1.74. The molecule has 0 aliphatic rings. The van der Waals surface area contributed by atoms with Gasteiger partial charge in [0.1, 0.15) is 5.75 Å². The van der Waals surface area contributed by atoms with E-state index in [-0.39, 0.29) is 0 Å². The van der Waals surface area contributed by atoms with Crippen LogP contribution in [0.2, 0.25) is 5.02 Å². The highest BCUT2D eigenvalue weighted by atomic mass is 35.5. The van der Waals surface area contributed by atoms with Crippen LogP contribution in [-0.2, 0) is 0 Å². The van der Waals surface area contributed by atoms with E-state index in [4.69, 9.17) is 22.1 Å². The fourth-order valence-electron chi connectivity index (χ4n) is 1.48. The van der Waals surface area contributed by atoms with Gasteiger partial charge >= 0.3 is 0 Å². The van der Waals surface area contributed by atoms with Crippen LogP contribution in [0.4, 0.5) is 5.69 Å². The van der Waals surface area contributed by atoms with Gasteiger partial charge in [-0.2, -0.15) is 0 Å². The Bertz CT molecular complexity index is 555. The van der Waals surface area contributed by atoms with E-state index in [1.807, 2.05) is 32.0 Å². The summed E-state index contributed by atoms with van der Waals surface area (Å²) in [6, 6.07) is 7.32. The predicted molar refractivity (Wildman–Crippen MR) is 69.6 cm³/mol. The molecule has 1 heterocycles. The number of ether oxygens (including phenoxy) is 1. The molecule has 2 aromatic rings. The number of nitrogens with two attached hydrogens (primary N) is 1. The number of nitrogens with zero attached hydrogens (tertiary/aromatic N) is 1. The van der Waals surface area contributed by atoms with Crippen molar-refractivity contribution < 1.29 is 4.74 Å². The van der Waals surface area contributed by atoms with Gasteiger partial charge in [0.05, 0.1) is 11.9 Å². The fourth-order valence-corrected chi connectivity index (χ4v) is 1.60. The first kappa shape index (κ1) is 11.7. The maximum absolute atomic E-state index is 5.95. The lowest BCUT2D eigenvalue weighted by Crippen LogP contribution is -1.94. The summed E-state index contributed by atoms with van der Waals surface area (Å²) in [5, 5.41) is 0.722. The van der Waals surface area contributed by atoms with Gasteiger partial charge in [0, 0.05) is 10.6 Å². The molecule has 0 amide bonds. The van der Waals surface area contributed by atoms with Crippen LogP contribution in [0.5, 0.6) is 11.6 Å². The van der Waals surface area contributed by atoms with Gasteiger partial charge in [-0.1, -0.05) is 11.6 Å². The van der Waals surface area contributed by atoms with E-state index in [1.54, 1.807) is 12.3 Å². The second-order valence-corrected chi connectivity index (χ2v) is 4.31. The molecule has 4 heteroatoms. The maximum atomic E-state index is 5.95. The number of nitrogen functional groups attached to an aromatic ring is 1. The van der Waals surface area contributed by atoms with E-state index in [1.165, 1.54) is 0 Å². The Morgan fingerprint density at radius 2 is 1.94 bits per heavy atom. The highest BCUT2D eigenvalue weighted by molar-refractivity contribution is 6.31. The van der Waals surface area contributed by atoms with Crippen molar-refractivity contribution in [3.05, 3.63) is 46.6 Å². The molecule has 0 aliphatic heterocycles. The van der Waals surface area contributed by atoms with Crippen molar-refractivity contribution in [2.45, 2.75) is 13.8 Å². The van der Waals surface area contributed by atoms with E-state index in [0.29, 0.717) is 17.3 Å². The highest BCUT2D eigenvalue weighted by Gasteiger charge is 2.04. The van der Waals surface area contributed by atoms with Crippen LogP contribution < -0.4 is 10.5 Å². The van der Waals surface area contributed by atoms with Crippen molar-refractivity contribution in [1.29, 1.82) is 0 Å². The molecule has 0 saturated carbocycles. The molecular weight excluding hydrogens is 236 g/mol. The summed E-state index contributed by atoms with van der Waals surface area (Å²) in [4.78, 5) is 4.14. The monoisotopic (exact) mass is 248 g/mol. The number of halogens is 1. The molecular formula is C13H13ClN2O. The average molecular weight is 249 g/mol. The molecule has 0 saturated heterocycles. The van der Waals surface area contributed by atoms with Crippen LogP contribution in [0.25, 0.3) is 0 Å². The zero-order valence-corrected chi connectivity index (χ0v) is 10.5. The van der Waals surface area contributed by atoms with Crippen molar-refractivity contribution in [2.24, 2.45) is 0 Å². The van der Waals surface area contributed by atoms with Crippen LogP contribution in [0, 0.1) is 13.8 Å². The second-order valence-electron chi connectivity index (χ2n) is 3.90. The zero-order chi connectivity index (χ0) is 12.4.